The van der Waals surface area contributed by atoms with Crippen LogP contribution in [-0.2, 0) is 4.79 Å². The van der Waals surface area contributed by atoms with Crippen molar-refractivity contribution in [3.63, 3.8) is 0 Å². The molecule has 0 spiro atoms. The molecule has 1 aliphatic rings. The summed E-state index contributed by atoms with van der Waals surface area (Å²) in [5.74, 6) is 2.48. The minimum Gasteiger partial charge on any atom is -0.303 e. The first-order valence-electron chi connectivity index (χ1n) is 3.10. The maximum atomic E-state index is 10.0. The molecule has 0 unspecified atom stereocenters. The lowest BCUT2D eigenvalue weighted by Gasteiger charge is -2.17. The molecule has 1 aliphatic heterocycles. The van der Waals surface area contributed by atoms with Gasteiger partial charge in [0.05, 0.1) is 4.58 Å². The summed E-state index contributed by atoms with van der Waals surface area (Å²) in [7, 11) is 0. The van der Waals surface area contributed by atoms with Crippen LogP contribution in [0.4, 0.5) is 0 Å². The van der Waals surface area contributed by atoms with Gasteiger partial charge in [0.15, 0.2) is 0 Å². The highest BCUT2D eigenvalue weighted by Gasteiger charge is 2.12. The van der Waals surface area contributed by atoms with Crippen molar-refractivity contribution >= 4 is 29.8 Å². The molecule has 0 aliphatic carbocycles. The molecule has 1 nitrogen and oxygen atoms in total. The summed E-state index contributed by atoms with van der Waals surface area (Å²) >= 11 is 3.84. The second kappa shape index (κ2) is 4.23. The molecule has 0 amide bonds. The van der Waals surface area contributed by atoms with E-state index in [1.165, 1.54) is 17.9 Å². The van der Waals surface area contributed by atoms with Crippen LogP contribution < -0.4 is 0 Å². The van der Waals surface area contributed by atoms with E-state index in [1.54, 1.807) is 0 Å². The number of carbonyl (C=O) groups is 1. The first kappa shape index (κ1) is 7.48. The summed E-state index contributed by atoms with van der Waals surface area (Å²) in [5.41, 5.74) is 0. The zero-order valence-corrected chi connectivity index (χ0v) is 6.84. The summed E-state index contributed by atoms with van der Waals surface area (Å²) < 4.78 is 0.566. The second-order valence-electron chi connectivity index (χ2n) is 1.93. The van der Waals surface area contributed by atoms with Crippen LogP contribution in [0.15, 0.2) is 0 Å². The lowest BCUT2D eigenvalue weighted by atomic mass is 10.5. The van der Waals surface area contributed by atoms with Crippen LogP contribution in [0.1, 0.15) is 12.8 Å². The molecule has 0 saturated carbocycles. The molecule has 9 heavy (non-hydrogen) atoms. The fourth-order valence-electron chi connectivity index (χ4n) is 0.751. The quantitative estimate of drug-likeness (QED) is 0.576. The monoisotopic (exact) mass is 162 g/mol. The van der Waals surface area contributed by atoms with E-state index in [4.69, 9.17) is 0 Å². The van der Waals surface area contributed by atoms with Gasteiger partial charge in [-0.05, 0) is 17.9 Å². The molecule has 0 bridgehead atoms. The SMILES string of the molecule is O=CCC1SCCCS1. The summed E-state index contributed by atoms with van der Waals surface area (Å²) in [5, 5.41) is 0. The standard InChI is InChI=1S/C6H10OS2/c7-3-2-6-8-4-1-5-9-6/h3,6H,1-2,4-5H2. The van der Waals surface area contributed by atoms with Crippen molar-refractivity contribution in [3.05, 3.63) is 0 Å². The average molecular weight is 162 g/mol. The summed E-state index contributed by atoms with van der Waals surface area (Å²) in [6, 6.07) is 0. The fourth-order valence-corrected chi connectivity index (χ4v) is 3.47. The van der Waals surface area contributed by atoms with Crippen molar-refractivity contribution in [1.82, 2.24) is 0 Å². The van der Waals surface area contributed by atoms with Gasteiger partial charge in [-0.1, -0.05) is 0 Å². The Bertz CT molecular complexity index is 89.1. The number of hydrogen-bond acceptors (Lipinski definition) is 3. The van der Waals surface area contributed by atoms with Crippen LogP contribution in [0, 0.1) is 0 Å². The first-order chi connectivity index (χ1) is 4.43. The predicted octanol–water partition coefficient (Wildman–Crippen LogP) is 1.77. The molecule has 1 rings (SSSR count). The van der Waals surface area contributed by atoms with Gasteiger partial charge in [-0.15, -0.1) is 23.5 Å². The van der Waals surface area contributed by atoms with E-state index >= 15 is 0 Å². The highest BCUT2D eigenvalue weighted by Crippen LogP contribution is 2.31. The molecule has 0 radical (unpaired) electrons. The number of hydrogen-bond donors (Lipinski definition) is 0. The molecule has 1 saturated heterocycles. The molecule has 52 valence electrons. The molecular weight excluding hydrogens is 152 g/mol. The van der Waals surface area contributed by atoms with E-state index in [2.05, 4.69) is 0 Å². The van der Waals surface area contributed by atoms with Crippen LogP contribution in [0.5, 0.6) is 0 Å². The molecule has 0 aromatic rings. The van der Waals surface area contributed by atoms with Gasteiger partial charge in [-0.25, -0.2) is 0 Å². The van der Waals surface area contributed by atoms with Crippen LogP contribution in [0.2, 0.25) is 0 Å². The Morgan fingerprint density at radius 1 is 1.44 bits per heavy atom. The lowest BCUT2D eigenvalue weighted by molar-refractivity contribution is -0.107. The van der Waals surface area contributed by atoms with Crippen LogP contribution in [0.25, 0.3) is 0 Å². The van der Waals surface area contributed by atoms with Crippen molar-refractivity contribution in [1.29, 1.82) is 0 Å². The maximum absolute atomic E-state index is 10.0. The van der Waals surface area contributed by atoms with Crippen molar-refractivity contribution in [2.75, 3.05) is 11.5 Å². The summed E-state index contributed by atoms with van der Waals surface area (Å²) in [6.45, 7) is 0. The molecule has 0 aromatic heterocycles. The normalized spacial score (nSPS) is 21.8. The van der Waals surface area contributed by atoms with E-state index in [0.717, 1.165) is 12.7 Å². The summed E-state index contributed by atoms with van der Waals surface area (Å²) in [6.07, 6.45) is 3.07. The van der Waals surface area contributed by atoms with Crippen molar-refractivity contribution in [2.24, 2.45) is 0 Å². The van der Waals surface area contributed by atoms with E-state index in [1.807, 2.05) is 23.5 Å². The highest BCUT2D eigenvalue weighted by molar-refractivity contribution is 8.17. The van der Waals surface area contributed by atoms with Crippen molar-refractivity contribution < 1.29 is 4.79 Å². The van der Waals surface area contributed by atoms with Gasteiger partial charge in [0.25, 0.3) is 0 Å². The van der Waals surface area contributed by atoms with Gasteiger partial charge in [-0.2, -0.15) is 0 Å². The van der Waals surface area contributed by atoms with Gasteiger partial charge in [0.1, 0.15) is 6.29 Å². The number of thioether (sulfide) groups is 2. The maximum Gasteiger partial charge on any atom is 0.121 e. The fraction of sp³-hybridized carbons (Fsp3) is 0.833. The zero-order chi connectivity index (χ0) is 6.53. The Morgan fingerprint density at radius 2 is 2.11 bits per heavy atom. The van der Waals surface area contributed by atoms with Crippen molar-refractivity contribution in [3.8, 4) is 0 Å². The smallest absolute Gasteiger partial charge is 0.121 e. The largest absolute Gasteiger partial charge is 0.303 e. The van der Waals surface area contributed by atoms with E-state index in [-0.39, 0.29) is 0 Å². The van der Waals surface area contributed by atoms with Crippen LogP contribution in [0.3, 0.4) is 0 Å². The Morgan fingerprint density at radius 3 is 2.67 bits per heavy atom. The van der Waals surface area contributed by atoms with Gasteiger partial charge in [0.2, 0.25) is 0 Å². The van der Waals surface area contributed by atoms with Gasteiger partial charge in [-0.3, -0.25) is 0 Å². The molecule has 0 N–H and O–H groups in total. The molecular formula is C6H10OS2. The van der Waals surface area contributed by atoms with E-state index < -0.39 is 0 Å². The zero-order valence-electron chi connectivity index (χ0n) is 5.21. The molecule has 0 aromatic carbocycles. The average Bonchev–Trinajstić information content (AvgIpc) is 1.91. The Kier molecular flexibility index (Phi) is 3.51. The predicted molar refractivity (Wildman–Crippen MR) is 44.0 cm³/mol. The number of rotatable bonds is 2. The minimum atomic E-state index is 0.566. The third kappa shape index (κ3) is 2.63. The highest BCUT2D eigenvalue weighted by atomic mass is 32.2. The Labute approximate surface area is 64.0 Å². The third-order valence-electron chi connectivity index (χ3n) is 1.18. The molecule has 3 heteroatoms. The number of aldehydes is 1. The minimum absolute atomic E-state index is 0.566. The topological polar surface area (TPSA) is 17.1 Å². The van der Waals surface area contributed by atoms with E-state index in [0.29, 0.717) is 4.58 Å². The van der Waals surface area contributed by atoms with Crippen LogP contribution in [-0.4, -0.2) is 22.4 Å². The summed E-state index contributed by atoms with van der Waals surface area (Å²) in [4.78, 5) is 10.0. The van der Waals surface area contributed by atoms with Gasteiger partial charge >= 0.3 is 0 Å². The van der Waals surface area contributed by atoms with Gasteiger partial charge in [0, 0.05) is 6.42 Å². The Balaban J connectivity index is 2.15. The first-order valence-corrected chi connectivity index (χ1v) is 5.20. The molecule has 1 heterocycles. The van der Waals surface area contributed by atoms with Crippen LogP contribution >= 0.6 is 23.5 Å². The molecule has 1 fully saturated rings. The Hall–Kier alpha value is 0.370. The second-order valence-corrected chi connectivity index (χ2v) is 4.85. The van der Waals surface area contributed by atoms with E-state index in [9.17, 15) is 4.79 Å². The van der Waals surface area contributed by atoms with Crippen molar-refractivity contribution in [2.45, 2.75) is 17.4 Å². The number of carbonyl (C=O) groups excluding carboxylic acids is 1. The lowest BCUT2D eigenvalue weighted by Crippen LogP contribution is -2.06. The molecule has 0 atom stereocenters. The van der Waals surface area contributed by atoms with Gasteiger partial charge < -0.3 is 4.79 Å². The third-order valence-corrected chi connectivity index (χ3v) is 4.18.